The average Bonchev–Trinajstić information content (AvgIpc) is 2.76. The summed E-state index contributed by atoms with van der Waals surface area (Å²) in [4.78, 5) is 0. The molecule has 2 rings (SSSR count). The van der Waals surface area contributed by atoms with Crippen molar-refractivity contribution in [3.05, 3.63) is 56.4 Å². The highest BCUT2D eigenvalue weighted by Gasteiger charge is 2.25. The second-order valence-corrected chi connectivity index (χ2v) is 5.08. The van der Waals surface area contributed by atoms with Crippen LogP contribution in [0.5, 0.6) is 0 Å². The number of hydrazine groups is 1. The van der Waals surface area contributed by atoms with Crippen LogP contribution < -0.4 is 11.3 Å². The first-order chi connectivity index (χ1) is 8.56. The van der Waals surface area contributed by atoms with E-state index in [0.717, 1.165) is 0 Å². The predicted molar refractivity (Wildman–Crippen MR) is 69.6 cm³/mol. The molecule has 1 aromatic heterocycles. The van der Waals surface area contributed by atoms with E-state index in [0.29, 0.717) is 10.2 Å². The monoisotopic (exact) mass is 380 g/mol. The van der Waals surface area contributed by atoms with E-state index in [4.69, 9.17) is 10.3 Å². The minimum absolute atomic E-state index is 0.166. The van der Waals surface area contributed by atoms with Crippen molar-refractivity contribution < 1.29 is 13.2 Å². The molecule has 0 radical (unpaired) electrons. The molecular formula is C11H8Br2F2N2O. The lowest BCUT2D eigenvalue weighted by atomic mass is 10.0. The van der Waals surface area contributed by atoms with Crippen molar-refractivity contribution in [1.29, 1.82) is 0 Å². The highest BCUT2D eigenvalue weighted by Crippen LogP contribution is 2.34. The van der Waals surface area contributed by atoms with E-state index >= 15 is 0 Å². The lowest BCUT2D eigenvalue weighted by molar-refractivity contribution is 0.494. The maximum absolute atomic E-state index is 14.0. The Kier molecular flexibility index (Phi) is 4.16. The zero-order valence-electron chi connectivity index (χ0n) is 8.88. The number of halogens is 4. The average molecular weight is 382 g/mol. The van der Waals surface area contributed by atoms with Gasteiger partial charge in [-0.3, -0.25) is 5.84 Å². The Bertz CT molecular complexity index is 574. The van der Waals surface area contributed by atoms with Gasteiger partial charge in [-0.2, -0.15) is 0 Å². The minimum atomic E-state index is -0.851. The molecule has 1 atom stereocenters. The first-order valence-electron chi connectivity index (χ1n) is 4.88. The van der Waals surface area contributed by atoms with Crippen LogP contribution in [-0.4, -0.2) is 0 Å². The van der Waals surface area contributed by atoms with Crippen molar-refractivity contribution in [2.75, 3.05) is 0 Å². The van der Waals surface area contributed by atoms with Gasteiger partial charge in [0.25, 0.3) is 0 Å². The van der Waals surface area contributed by atoms with Gasteiger partial charge >= 0.3 is 0 Å². The first kappa shape index (κ1) is 13.7. The molecule has 7 heteroatoms. The largest absolute Gasteiger partial charge is 0.457 e. The summed E-state index contributed by atoms with van der Waals surface area (Å²) in [6.45, 7) is 0. The molecule has 96 valence electrons. The molecule has 3 nitrogen and oxygen atoms in total. The van der Waals surface area contributed by atoms with Crippen molar-refractivity contribution in [1.82, 2.24) is 5.43 Å². The Balaban J connectivity index is 2.59. The van der Waals surface area contributed by atoms with E-state index in [9.17, 15) is 8.78 Å². The summed E-state index contributed by atoms with van der Waals surface area (Å²) in [5, 5.41) is 0. The third-order valence-corrected chi connectivity index (χ3v) is 3.75. The summed E-state index contributed by atoms with van der Waals surface area (Å²) in [6.07, 6.45) is 1.40. The van der Waals surface area contributed by atoms with E-state index in [1.807, 2.05) is 0 Å². The third-order valence-electron chi connectivity index (χ3n) is 2.49. The van der Waals surface area contributed by atoms with Crippen LogP contribution in [0.3, 0.4) is 0 Å². The van der Waals surface area contributed by atoms with Crippen LogP contribution >= 0.6 is 31.9 Å². The second-order valence-electron chi connectivity index (χ2n) is 3.51. The van der Waals surface area contributed by atoms with Crippen LogP contribution in [-0.2, 0) is 0 Å². The quantitative estimate of drug-likeness (QED) is 0.485. The molecule has 2 aromatic rings. The summed E-state index contributed by atoms with van der Waals surface area (Å²) >= 11 is 6.17. The topological polar surface area (TPSA) is 51.2 Å². The van der Waals surface area contributed by atoms with E-state index in [-0.39, 0.29) is 10.0 Å². The number of nitrogens with one attached hydrogen (secondary N) is 1. The Morgan fingerprint density at radius 2 is 1.94 bits per heavy atom. The standard InChI is InChI=1S/C11H8Br2F2N2O/c12-6-1-2-7(14)8(9(6)15)10(17-16)5-3-4-18-11(5)13/h1-4,10,17H,16H2. The molecule has 1 heterocycles. The highest BCUT2D eigenvalue weighted by atomic mass is 79.9. The smallest absolute Gasteiger partial charge is 0.174 e. The molecule has 0 saturated heterocycles. The van der Waals surface area contributed by atoms with Crippen LogP contribution in [0.4, 0.5) is 8.78 Å². The van der Waals surface area contributed by atoms with E-state index < -0.39 is 17.7 Å². The summed E-state index contributed by atoms with van der Waals surface area (Å²) < 4.78 is 33.4. The molecule has 1 unspecified atom stereocenters. The van der Waals surface area contributed by atoms with Crippen LogP contribution in [0.25, 0.3) is 0 Å². The molecule has 0 bridgehead atoms. The summed E-state index contributed by atoms with van der Waals surface area (Å²) in [7, 11) is 0. The molecule has 1 aromatic carbocycles. The summed E-state index contributed by atoms with van der Waals surface area (Å²) in [6, 6.07) is 3.19. The van der Waals surface area contributed by atoms with Gasteiger partial charge in [-0.15, -0.1) is 0 Å². The van der Waals surface area contributed by atoms with E-state index in [2.05, 4.69) is 37.3 Å². The molecule has 0 aliphatic heterocycles. The Morgan fingerprint density at radius 1 is 1.22 bits per heavy atom. The lowest BCUT2D eigenvalue weighted by Crippen LogP contribution is -2.30. The van der Waals surface area contributed by atoms with Crippen molar-refractivity contribution in [3.8, 4) is 0 Å². The van der Waals surface area contributed by atoms with Gasteiger partial charge in [0.1, 0.15) is 11.6 Å². The fraction of sp³-hybridized carbons (Fsp3) is 0.0909. The number of rotatable bonds is 3. The molecule has 0 saturated carbocycles. The van der Waals surface area contributed by atoms with Crippen molar-refractivity contribution in [3.63, 3.8) is 0 Å². The summed E-state index contributed by atoms with van der Waals surface area (Å²) in [5.74, 6) is 4.00. The van der Waals surface area contributed by atoms with E-state index in [1.54, 1.807) is 6.07 Å². The number of nitrogens with two attached hydrogens (primary N) is 1. The molecule has 0 fully saturated rings. The molecule has 3 N–H and O–H groups in total. The number of furan rings is 1. The SMILES string of the molecule is NNC(c1ccoc1Br)c1c(F)ccc(Br)c1F. The van der Waals surface area contributed by atoms with Gasteiger partial charge in [0.05, 0.1) is 16.8 Å². The molecular weight excluding hydrogens is 374 g/mol. The molecule has 0 aliphatic rings. The zero-order chi connectivity index (χ0) is 13.3. The molecule has 0 amide bonds. The Morgan fingerprint density at radius 3 is 2.50 bits per heavy atom. The van der Waals surface area contributed by atoms with Gasteiger partial charge < -0.3 is 4.42 Å². The summed E-state index contributed by atoms with van der Waals surface area (Å²) in [5.41, 5.74) is 2.72. The maximum atomic E-state index is 14.0. The van der Waals surface area contributed by atoms with Crippen molar-refractivity contribution >= 4 is 31.9 Å². The van der Waals surface area contributed by atoms with Crippen LogP contribution in [0.2, 0.25) is 0 Å². The van der Waals surface area contributed by atoms with Gasteiger partial charge in [-0.25, -0.2) is 14.2 Å². The molecule has 18 heavy (non-hydrogen) atoms. The number of hydrogen-bond donors (Lipinski definition) is 2. The van der Waals surface area contributed by atoms with Gasteiger partial charge in [0.15, 0.2) is 4.67 Å². The van der Waals surface area contributed by atoms with Crippen molar-refractivity contribution in [2.45, 2.75) is 6.04 Å². The van der Waals surface area contributed by atoms with E-state index in [1.165, 1.54) is 18.4 Å². The Labute approximate surface area is 119 Å². The third kappa shape index (κ3) is 2.35. The van der Waals surface area contributed by atoms with Crippen molar-refractivity contribution in [2.24, 2.45) is 5.84 Å². The Hall–Kier alpha value is -0.760. The van der Waals surface area contributed by atoms with Crippen LogP contribution in [0, 0.1) is 11.6 Å². The van der Waals surface area contributed by atoms with Gasteiger partial charge in [-0.05, 0) is 50.1 Å². The fourth-order valence-corrected chi connectivity index (χ4v) is 2.46. The maximum Gasteiger partial charge on any atom is 0.174 e. The molecule has 0 aliphatic carbocycles. The predicted octanol–water partition coefficient (Wildman–Crippen LogP) is 3.64. The van der Waals surface area contributed by atoms with Gasteiger partial charge in [0, 0.05) is 11.1 Å². The number of benzene rings is 1. The zero-order valence-corrected chi connectivity index (χ0v) is 12.1. The highest BCUT2D eigenvalue weighted by molar-refractivity contribution is 9.10. The number of hydrogen-bond acceptors (Lipinski definition) is 3. The minimum Gasteiger partial charge on any atom is -0.457 e. The first-order valence-corrected chi connectivity index (χ1v) is 6.47. The van der Waals surface area contributed by atoms with Crippen LogP contribution in [0.15, 0.2) is 38.0 Å². The van der Waals surface area contributed by atoms with Gasteiger partial charge in [-0.1, -0.05) is 0 Å². The van der Waals surface area contributed by atoms with Crippen LogP contribution in [0.1, 0.15) is 17.2 Å². The lowest BCUT2D eigenvalue weighted by Gasteiger charge is -2.17. The second kappa shape index (κ2) is 5.48. The van der Waals surface area contributed by atoms with Gasteiger partial charge in [0.2, 0.25) is 0 Å². The normalized spacial score (nSPS) is 12.7. The molecule has 0 spiro atoms. The fourth-order valence-electron chi connectivity index (χ4n) is 1.65.